The highest BCUT2D eigenvalue weighted by molar-refractivity contribution is 9.09. The molecule has 90 valence electrons. The Morgan fingerprint density at radius 3 is 2.44 bits per heavy atom. The Labute approximate surface area is 104 Å². The number of alkyl halides is 1. The molecule has 0 N–H and O–H groups in total. The van der Waals surface area contributed by atoms with Crippen LogP contribution in [0.25, 0.3) is 0 Å². The van der Waals surface area contributed by atoms with Gasteiger partial charge in [0.1, 0.15) is 11.6 Å². The highest BCUT2D eigenvalue weighted by Crippen LogP contribution is 2.21. The summed E-state index contributed by atoms with van der Waals surface area (Å²) in [6.07, 6.45) is 1.71. The third-order valence-electron chi connectivity index (χ3n) is 2.55. The summed E-state index contributed by atoms with van der Waals surface area (Å²) in [5.74, 6) is 0.0428. The summed E-state index contributed by atoms with van der Waals surface area (Å²) in [7, 11) is 0. The Morgan fingerprint density at radius 2 is 1.94 bits per heavy atom. The summed E-state index contributed by atoms with van der Waals surface area (Å²) in [6, 6.07) is 3.82. The van der Waals surface area contributed by atoms with Crippen LogP contribution >= 0.6 is 15.9 Å². The van der Waals surface area contributed by atoms with Crippen molar-refractivity contribution in [3.63, 3.8) is 0 Å². The van der Waals surface area contributed by atoms with Gasteiger partial charge in [0, 0.05) is 11.4 Å². The average molecular weight is 291 g/mol. The fraction of sp³-hybridized carbons (Fsp3) is 0.538. The van der Waals surface area contributed by atoms with Crippen molar-refractivity contribution in [3.8, 4) is 0 Å². The molecule has 16 heavy (non-hydrogen) atoms. The van der Waals surface area contributed by atoms with Crippen LogP contribution in [-0.2, 0) is 6.42 Å². The van der Waals surface area contributed by atoms with Crippen molar-refractivity contribution < 1.29 is 8.78 Å². The molecular formula is C13H17BrF2. The lowest BCUT2D eigenvalue weighted by molar-refractivity contribution is 0.437. The predicted molar refractivity (Wildman–Crippen MR) is 66.8 cm³/mol. The van der Waals surface area contributed by atoms with Crippen molar-refractivity contribution in [2.24, 2.45) is 11.8 Å². The molecule has 1 aromatic carbocycles. The molecule has 0 nitrogen and oxygen atoms in total. The van der Waals surface area contributed by atoms with E-state index in [-0.39, 0.29) is 0 Å². The van der Waals surface area contributed by atoms with Gasteiger partial charge in [0.05, 0.1) is 0 Å². The van der Waals surface area contributed by atoms with Gasteiger partial charge in [0.2, 0.25) is 0 Å². The molecule has 0 saturated carbocycles. The third kappa shape index (κ3) is 4.20. The lowest BCUT2D eigenvalue weighted by Gasteiger charge is -2.16. The summed E-state index contributed by atoms with van der Waals surface area (Å²) in [5.41, 5.74) is 0.603. The van der Waals surface area contributed by atoms with Crippen LogP contribution in [-0.4, -0.2) is 5.33 Å². The van der Waals surface area contributed by atoms with Crippen LogP contribution in [0.4, 0.5) is 8.78 Å². The molecule has 0 aliphatic heterocycles. The van der Waals surface area contributed by atoms with Gasteiger partial charge in [-0.1, -0.05) is 35.8 Å². The molecule has 0 aliphatic carbocycles. The van der Waals surface area contributed by atoms with Gasteiger partial charge >= 0.3 is 0 Å². The van der Waals surface area contributed by atoms with E-state index >= 15 is 0 Å². The van der Waals surface area contributed by atoms with E-state index in [9.17, 15) is 8.78 Å². The molecule has 1 atom stereocenters. The molecule has 1 aromatic rings. The molecule has 0 bridgehead atoms. The van der Waals surface area contributed by atoms with E-state index in [2.05, 4.69) is 29.8 Å². The molecule has 0 radical (unpaired) electrons. The normalized spacial score (nSPS) is 13.1. The largest absolute Gasteiger partial charge is 0.207 e. The Morgan fingerprint density at radius 1 is 1.25 bits per heavy atom. The van der Waals surface area contributed by atoms with Crippen LogP contribution in [0.1, 0.15) is 25.8 Å². The van der Waals surface area contributed by atoms with Gasteiger partial charge in [-0.3, -0.25) is 0 Å². The highest BCUT2D eigenvalue weighted by atomic mass is 79.9. The van der Waals surface area contributed by atoms with E-state index in [1.54, 1.807) is 6.07 Å². The highest BCUT2D eigenvalue weighted by Gasteiger charge is 2.13. The van der Waals surface area contributed by atoms with Crippen LogP contribution < -0.4 is 0 Å². The van der Waals surface area contributed by atoms with Crippen LogP contribution in [0.15, 0.2) is 18.2 Å². The van der Waals surface area contributed by atoms with Crippen molar-refractivity contribution in [2.75, 3.05) is 5.33 Å². The maximum absolute atomic E-state index is 13.4. The fourth-order valence-electron chi connectivity index (χ4n) is 1.87. The van der Waals surface area contributed by atoms with Crippen LogP contribution in [0.5, 0.6) is 0 Å². The summed E-state index contributed by atoms with van der Waals surface area (Å²) in [6.45, 7) is 4.30. The molecule has 0 spiro atoms. The van der Waals surface area contributed by atoms with Crippen molar-refractivity contribution in [2.45, 2.75) is 26.7 Å². The number of hydrogen-bond acceptors (Lipinski definition) is 0. The zero-order chi connectivity index (χ0) is 12.1. The van der Waals surface area contributed by atoms with Gasteiger partial charge in [-0.25, -0.2) is 8.78 Å². The molecule has 1 unspecified atom stereocenters. The molecule has 0 saturated heterocycles. The van der Waals surface area contributed by atoms with Gasteiger partial charge < -0.3 is 0 Å². The lowest BCUT2D eigenvalue weighted by atomic mass is 9.92. The zero-order valence-electron chi connectivity index (χ0n) is 9.64. The summed E-state index contributed by atoms with van der Waals surface area (Å²) in [5, 5.41) is 0.849. The predicted octanol–water partition coefficient (Wildman–Crippen LogP) is 4.56. The molecule has 0 fully saturated rings. The second-order valence-corrected chi connectivity index (χ2v) is 5.24. The Hall–Kier alpha value is -0.440. The van der Waals surface area contributed by atoms with Crippen LogP contribution in [0, 0.1) is 23.5 Å². The second-order valence-electron chi connectivity index (χ2n) is 4.59. The van der Waals surface area contributed by atoms with E-state index in [0.29, 0.717) is 23.8 Å². The van der Waals surface area contributed by atoms with E-state index in [4.69, 9.17) is 0 Å². The maximum Gasteiger partial charge on any atom is 0.129 e. The average Bonchev–Trinajstić information content (AvgIpc) is 2.20. The number of halogens is 3. The van der Waals surface area contributed by atoms with Crippen molar-refractivity contribution in [1.82, 2.24) is 0 Å². The summed E-state index contributed by atoms with van der Waals surface area (Å²) in [4.78, 5) is 0. The minimum Gasteiger partial charge on any atom is -0.207 e. The minimum atomic E-state index is -0.513. The van der Waals surface area contributed by atoms with Crippen molar-refractivity contribution >= 4 is 15.9 Å². The van der Waals surface area contributed by atoms with E-state index in [0.717, 1.165) is 17.8 Å². The topological polar surface area (TPSA) is 0 Å². The zero-order valence-corrected chi connectivity index (χ0v) is 11.2. The van der Waals surface area contributed by atoms with Crippen LogP contribution in [0.2, 0.25) is 0 Å². The first-order valence-corrected chi connectivity index (χ1v) is 6.65. The Kier molecular flexibility index (Phi) is 5.39. The quantitative estimate of drug-likeness (QED) is 0.697. The Bertz CT molecular complexity index is 337. The van der Waals surface area contributed by atoms with Gasteiger partial charge in [0.15, 0.2) is 0 Å². The van der Waals surface area contributed by atoms with E-state index in [1.165, 1.54) is 6.07 Å². The van der Waals surface area contributed by atoms with Gasteiger partial charge in [-0.15, -0.1) is 0 Å². The molecule has 1 rings (SSSR count). The molecule has 0 aliphatic rings. The summed E-state index contributed by atoms with van der Waals surface area (Å²) >= 11 is 3.44. The second kappa shape index (κ2) is 6.33. The van der Waals surface area contributed by atoms with Crippen molar-refractivity contribution in [3.05, 3.63) is 35.4 Å². The third-order valence-corrected chi connectivity index (χ3v) is 3.46. The van der Waals surface area contributed by atoms with Gasteiger partial charge in [-0.05, 0) is 36.3 Å². The maximum atomic E-state index is 13.4. The Balaban J connectivity index is 2.70. The number of benzene rings is 1. The molecular weight excluding hydrogens is 274 g/mol. The smallest absolute Gasteiger partial charge is 0.129 e. The fourth-order valence-corrected chi connectivity index (χ4v) is 2.36. The lowest BCUT2D eigenvalue weighted by Crippen LogP contribution is -2.10. The molecule has 0 heterocycles. The van der Waals surface area contributed by atoms with Gasteiger partial charge in [0.25, 0.3) is 0 Å². The number of hydrogen-bond donors (Lipinski definition) is 0. The molecule has 3 heteroatoms. The first-order valence-electron chi connectivity index (χ1n) is 5.52. The van der Waals surface area contributed by atoms with Crippen LogP contribution in [0.3, 0.4) is 0 Å². The minimum absolute atomic E-state index is 0.403. The van der Waals surface area contributed by atoms with E-state index in [1.807, 2.05) is 0 Å². The first-order chi connectivity index (χ1) is 7.52. The molecule has 0 aromatic heterocycles. The van der Waals surface area contributed by atoms with Crippen molar-refractivity contribution in [1.29, 1.82) is 0 Å². The van der Waals surface area contributed by atoms with Gasteiger partial charge in [-0.2, -0.15) is 0 Å². The standard InChI is InChI=1S/C13H17BrF2/c1-9(2)5-10(8-14)6-11-3-4-12(15)7-13(11)16/h3-4,7,9-10H,5-6,8H2,1-2H3. The number of rotatable bonds is 5. The molecule has 0 amide bonds. The van der Waals surface area contributed by atoms with E-state index < -0.39 is 11.6 Å². The first kappa shape index (κ1) is 13.6. The monoisotopic (exact) mass is 290 g/mol. The summed E-state index contributed by atoms with van der Waals surface area (Å²) < 4.78 is 26.2. The SMILES string of the molecule is CC(C)CC(CBr)Cc1ccc(F)cc1F.